The van der Waals surface area contributed by atoms with Gasteiger partial charge in [-0.25, -0.2) is 0 Å². The van der Waals surface area contributed by atoms with Crippen molar-refractivity contribution in [2.45, 2.75) is 39.3 Å². The molecule has 0 amide bonds. The molecule has 0 aromatic heterocycles. The molecule has 1 fully saturated rings. The van der Waals surface area contributed by atoms with Gasteiger partial charge in [-0.1, -0.05) is 19.4 Å². The summed E-state index contributed by atoms with van der Waals surface area (Å²) in [4.78, 5) is 2.45. The van der Waals surface area contributed by atoms with Crippen LogP contribution in [0.2, 0.25) is 0 Å². The first kappa shape index (κ1) is 14.7. The first-order chi connectivity index (χ1) is 10.1. The Balaban J connectivity index is 1.64. The summed E-state index contributed by atoms with van der Waals surface area (Å²) >= 11 is 0. The van der Waals surface area contributed by atoms with Gasteiger partial charge >= 0.3 is 0 Å². The second-order valence-electron chi connectivity index (χ2n) is 6.41. The number of ether oxygens (including phenoxy) is 3. The van der Waals surface area contributed by atoms with Crippen molar-refractivity contribution in [1.29, 1.82) is 0 Å². The summed E-state index contributed by atoms with van der Waals surface area (Å²) in [6.07, 6.45) is 2.24. The van der Waals surface area contributed by atoms with Gasteiger partial charge < -0.3 is 14.2 Å². The van der Waals surface area contributed by atoms with E-state index in [0.29, 0.717) is 12.7 Å². The van der Waals surface area contributed by atoms with Crippen molar-refractivity contribution >= 4 is 0 Å². The molecular formula is C17H25NO3. The van der Waals surface area contributed by atoms with Gasteiger partial charge in [0.05, 0.1) is 6.61 Å². The lowest BCUT2D eigenvalue weighted by molar-refractivity contribution is -0.0554. The number of benzene rings is 1. The highest BCUT2D eigenvalue weighted by Gasteiger charge is 2.34. The van der Waals surface area contributed by atoms with Crippen molar-refractivity contribution in [1.82, 2.24) is 4.90 Å². The monoisotopic (exact) mass is 291 g/mol. The van der Waals surface area contributed by atoms with Gasteiger partial charge in [-0.15, -0.1) is 0 Å². The molecule has 1 aromatic carbocycles. The number of hydrogen-bond donors (Lipinski definition) is 0. The smallest absolute Gasteiger partial charge is 0.231 e. The Morgan fingerprint density at radius 1 is 1.24 bits per heavy atom. The molecule has 1 unspecified atom stereocenters. The van der Waals surface area contributed by atoms with E-state index in [-0.39, 0.29) is 5.72 Å². The Hall–Kier alpha value is -1.26. The third-order valence-corrected chi connectivity index (χ3v) is 4.60. The maximum Gasteiger partial charge on any atom is 0.231 e. The molecule has 1 aromatic rings. The van der Waals surface area contributed by atoms with Crippen molar-refractivity contribution < 1.29 is 14.2 Å². The Morgan fingerprint density at radius 3 is 2.76 bits per heavy atom. The summed E-state index contributed by atoms with van der Waals surface area (Å²) in [5.41, 5.74) is 1.20. The van der Waals surface area contributed by atoms with Crippen LogP contribution in [0.15, 0.2) is 18.2 Å². The molecule has 3 rings (SSSR count). The van der Waals surface area contributed by atoms with E-state index < -0.39 is 0 Å². The van der Waals surface area contributed by atoms with E-state index in [1.807, 2.05) is 6.07 Å². The minimum Gasteiger partial charge on any atom is -0.454 e. The molecule has 1 atom stereocenters. The predicted molar refractivity (Wildman–Crippen MR) is 81.7 cm³/mol. The molecule has 0 spiro atoms. The fourth-order valence-electron chi connectivity index (χ4n) is 3.13. The fourth-order valence-corrected chi connectivity index (χ4v) is 3.13. The highest BCUT2D eigenvalue weighted by Crippen LogP contribution is 2.33. The second kappa shape index (κ2) is 5.85. The van der Waals surface area contributed by atoms with Crippen LogP contribution in [0, 0.1) is 5.92 Å². The maximum atomic E-state index is 5.80. The summed E-state index contributed by atoms with van der Waals surface area (Å²) in [6, 6.07) is 6.30. The molecule has 0 aliphatic carbocycles. The molecule has 2 heterocycles. The minimum absolute atomic E-state index is 0.123. The van der Waals surface area contributed by atoms with Gasteiger partial charge in [-0.3, -0.25) is 4.90 Å². The lowest BCUT2D eigenvalue weighted by atomic mass is 9.95. The highest BCUT2D eigenvalue weighted by molar-refractivity contribution is 5.44. The summed E-state index contributed by atoms with van der Waals surface area (Å²) in [5, 5.41) is 0. The lowest BCUT2D eigenvalue weighted by Crippen LogP contribution is -2.42. The molecule has 2 aliphatic heterocycles. The van der Waals surface area contributed by atoms with E-state index in [4.69, 9.17) is 14.2 Å². The average molecular weight is 291 g/mol. The Bertz CT molecular complexity index is 501. The summed E-state index contributed by atoms with van der Waals surface area (Å²) in [7, 11) is 0. The maximum absolute atomic E-state index is 5.80. The van der Waals surface area contributed by atoms with Crippen LogP contribution in [0.25, 0.3) is 0 Å². The van der Waals surface area contributed by atoms with Crippen LogP contribution in [-0.4, -0.2) is 37.1 Å². The Kier molecular flexibility index (Phi) is 4.09. The third-order valence-electron chi connectivity index (χ3n) is 4.60. The van der Waals surface area contributed by atoms with E-state index in [9.17, 15) is 0 Å². The molecule has 1 saturated heterocycles. The Labute approximate surface area is 127 Å². The lowest BCUT2D eigenvalue weighted by Gasteiger charge is -2.32. The molecule has 4 nitrogen and oxygen atoms in total. The zero-order valence-corrected chi connectivity index (χ0v) is 13.2. The summed E-state index contributed by atoms with van der Waals surface area (Å²) < 4.78 is 16.6. The van der Waals surface area contributed by atoms with Crippen LogP contribution in [0.5, 0.6) is 11.5 Å². The van der Waals surface area contributed by atoms with Crippen LogP contribution in [-0.2, 0) is 11.2 Å². The molecule has 2 aliphatic rings. The molecule has 0 radical (unpaired) electrons. The Morgan fingerprint density at radius 2 is 2.05 bits per heavy atom. The first-order valence-corrected chi connectivity index (χ1v) is 7.86. The molecular weight excluding hydrogens is 266 g/mol. The van der Waals surface area contributed by atoms with Gasteiger partial charge in [0.2, 0.25) is 6.79 Å². The fraction of sp³-hybridized carbons (Fsp3) is 0.647. The van der Waals surface area contributed by atoms with Gasteiger partial charge in [0.15, 0.2) is 11.5 Å². The molecule has 21 heavy (non-hydrogen) atoms. The van der Waals surface area contributed by atoms with Gasteiger partial charge in [-0.05, 0) is 43.9 Å². The van der Waals surface area contributed by atoms with E-state index in [2.05, 4.69) is 37.8 Å². The highest BCUT2D eigenvalue weighted by atomic mass is 16.7. The molecule has 0 bridgehead atoms. The van der Waals surface area contributed by atoms with Crippen LogP contribution >= 0.6 is 0 Å². The zero-order chi connectivity index (χ0) is 14.9. The zero-order valence-electron chi connectivity index (χ0n) is 13.2. The number of fused-ring (bicyclic) bond motifs is 1. The molecule has 116 valence electrons. The van der Waals surface area contributed by atoms with Crippen molar-refractivity contribution in [3.8, 4) is 11.5 Å². The quantitative estimate of drug-likeness (QED) is 0.834. The van der Waals surface area contributed by atoms with Crippen LogP contribution in [0.3, 0.4) is 0 Å². The molecule has 4 heteroatoms. The SMILES string of the molecule is CCC(Cc1ccc2c(c1)OCO2)CN1CCOC1(C)C. The number of hydrogen-bond acceptors (Lipinski definition) is 4. The molecule has 0 saturated carbocycles. The summed E-state index contributed by atoms with van der Waals surface area (Å²) in [6.45, 7) is 9.88. The minimum atomic E-state index is -0.123. The normalized spacial score (nSPS) is 21.7. The topological polar surface area (TPSA) is 30.9 Å². The van der Waals surface area contributed by atoms with E-state index in [0.717, 1.165) is 37.6 Å². The number of rotatable bonds is 5. The van der Waals surface area contributed by atoms with Crippen LogP contribution in [0.4, 0.5) is 0 Å². The van der Waals surface area contributed by atoms with Gasteiger partial charge in [-0.2, -0.15) is 0 Å². The van der Waals surface area contributed by atoms with Crippen molar-refractivity contribution in [2.24, 2.45) is 5.92 Å². The van der Waals surface area contributed by atoms with Gasteiger partial charge in [0.1, 0.15) is 5.72 Å². The molecule has 0 N–H and O–H groups in total. The van der Waals surface area contributed by atoms with Gasteiger partial charge in [0.25, 0.3) is 0 Å². The van der Waals surface area contributed by atoms with E-state index >= 15 is 0 Å². The predicted octanol–water partition coefficient (Wildman–Crippen LogP) is 3.05. The van der Waals surface area contributed by atoms with Crippen molar-refractivity contribution in [3.63, 3.8) is 0 Å². The average Bonchev–Trinajstić information content (AvgIpc) is 3.04. The largest absolute Gasteiger partial charge is 0.454 e. The van der Waals surface area contributed by atoms with Crippen molar-refractivity contribution in [3.05, 3.63) is 23.8 Å². The first-order valence-electron chi connectivity index (χ1n) is 7.86. The van der Waals surface area contributed by atoms with E-state index in [1.165, 1.54) is 12.0 Å². The van der Waals surface area contributed by atoms with Crippen molar-refractivity contribution in [2.75, 3.05) is 26.5 Å². The standard InChI is InChI=1S/C17H25NO3/c1-4-13(11-18-7-8-21-17(18,2)3)9-14-5-6-15-16(10-14)20-12-19-15/h5-6,10,13H,4,7-9,11-12H2,1-3H3. The van der Waals surface area contributed by atoms with Crippen LogP contribution in [0.1, 0.15) is 32.8 Å². The second-order valence-corrected chi connectivity index (χ2v) is 6.41. The number of nitrogens with zero attached hydrogens (tertiary/aromatic N) is 1. The summed E-state index contributed by atoms with van der Waals surface area (Å²) in [5.74, 6) is 2.37. The third kappa shape index (κ3) is 3.16. The van der Waals surface area contributed by atoms with Gasteiger partial charge in [0, 0.05) is 13.1 Å². The van der Waals surface area contributed by atoms with E-state index in [1.54, 1.807) is 0 Å². The van der Waals surface area contributed by atoms with Crippen LogP contribution < -0.4 is 9.47 Å².